The van der Waals surface area contributed by atoms with E-state index < -0.39 is 0 Å². The Morgan fingerprint density at radius 3 is 1.92 bits per heavy atom. The summed E-state index contributed by atoms with van der Waals surface area (Å²) in [6.45, 7) is 7.09. The molecule has 4 heteroatoms. The van der Waals surface area contributed by atoms with Crippen molar-refractivity contribution in [3.63, 3.8) is 0 Å². The Labute approximate surface area is 94.3 Å². The fraction of sp³-hybridized carbons (Fsp3) is 1.00. The van der Waals surface area contributed by atoms with Crippen LogP contribution in [0.4, 0.5) is 0 Å². The molecule has 1 aliphatic rings. The average molecular weight is 229 g/mol. The molecule has 0 unspecified atom stereocenters. The van der Waals surface area contributed by atoms with E-state index in [1.54, 1.807) is 0 Å². The number of rotatable bonds is 2. The summed E-state index contributed by atoms with van der Waals surface area (Å²) in [5.41, 5.74) is 0. The van der Waals surface area contributed by atoms with Gasteiger partial charge in [-0.15, -0.1) is 24.8 Å². The maximum Gasteiger partial charge on any atom is 0.00884 e. The van der Waals surface area contributed by atoms with Crippen molar-refractivity contribution in [3.05, 3.63) is 0 Å². The highest BCUT2D eigenvalue weighted by atomic mass is 35.5. The predicted molar refractivity (Wildman–Crippen MR) is 63.3 cm³/mol. The Kier molecular flexibility index (Phi) is 9.65. The molecule has 0 saturated carbocycles. The van der Waals surface area contributed by atoms with Gasteiger partial charge < -0.3 is 10.2 Å². The lowest BCUT2D eigenvalue weighted by Gasteiger charge is -2.34. The molecule has 0 bridgehead atoms. The average Bonchev–Trinajstić information content (AvgIpc) is 2.05. The van der Waals surface area contributed by atoms with Crippen molar-refractivity contribution in [2.45, 2.75) is 38.8 Å². The third-order valence-electron chi connectivity index (χ3n) is 2.67. The first kappa shape index (κ1) is 15.9. The van der Waals surface area contributed by atoms with Crippen molar-refractivity contribution in [1.29, 1.82) is 0 Å². The zero-order chi connectivity index (χ0) is 8.27. The molecule has 82 valence electrons. The largest absolute Gasteiger partial charge is 0.317 e. The summed E-state index contributed by atoms with van der Waals surface area (Å²) in [7, 11) is 2.07. The van der Waals surface area contributed by atoms with Gasteiger partial charge in [0.05, 0.1) is 0 Å². The second kappa shape index (κ2) is 7.86. The Balaban J connectivity index is 0. The molecular weight excluding hydrogens is 207 g/mol. The third kappa shape index (κ3) is 5.06. The number of hydrogen-bond acceptors (Lipinski definition) is 2. The molecule has 1 heterocycles. The summed E-state index contributed by atoms with van der Waals surface area (Å²) in [6.07, 6.45) is 2.63. The SMILES string of the molecule is CNC1CCN(C(C)C)CC1.Cl.Cl. The van der Waals surface area contributed by atoms with E-state index >= 15 is 0 Å². The van der Waals surface area contributed by atoms with E-state index in [1.807, 2.05) is 0 Å². The molecule has 0 radical (unpaired) electrons. The van der Waals surface area contributed by atoms with Crippen molar-refractivity contribution in [1.82, 2.24) is 10.2 Å². The number of nitrogens with zero attached hydrogens (tertiary/aromatic N) is 1. The minimum atomic E-state index is 0. The smallest absolute Gasteiger partial charge is 0.00884 e. The number of piperidine rings is 1. The van der Waals surface area contributed by atoms with E-state index in [1.165, 1.54) is 25.9 Å². The molecule has 0 atom stereocenters. The molecule has 0 aliphatic carbocycles. The van der Waals surface area contributed by atoms with E-state index in [0.717, 1.165) is 12.1 Å². The van der Waals surface area contributed by atoms with Gasteiger partial charge in [0.15, 0.2) is 0 Å². The fourth-order valence-electron chi connectivity index (χ4n) is 1.70. The van der Waals surface area contributed by atoms with E-state index in [4.69, 9.17) is 0 Å². The van der Waals surface area contributed by atoms with Crippen LogP contribution >= 0.6 is 24.8 Å². The lowest BCUT2D eigenvalue weighted by molar-refractivity contribution is 0.164. The zero-order valence-corrected chi connectivity index (χ0v) is 10.4. The number of halogens is 2. The molecule has 1 rings (SSSR count). The van der Waals surface area contributed by atoms with Gasteiger partial charge >= 0.3 is 0 Å². The van der Waals surface area contributed by atoms with Crippen molar-refractivity contribution in [3.8, 4) is 0 Å². The van der Waals surface area contributed by atoms with Gasteiger partial charge in [-0.3, -0.25) is 0 Å². The van der Waals surface area contributed by atoms with Crippen LogP contribution in [0.3, 0.4) is 0 Å². The van der Waals surface area contributed by atoms with Crippen molar-refractivity contribution in [2.24, 2.45) is 0 Å². The number of hydrogen-bond donors (Lipinski definition) is 1. The van der Waals surface area contributed by atoms with Gasteiger partial charge in [-0.2, -0.15) is 0 Å². The molecule has 1 saturated heterocycles. The summed E-state index contributed by atoms with van der Waals surface area (Å²) in [4.78, 5) is 2.55. The van der Waals surface area contributed by atoms with E-state index in [-0.39, 0.29) is 24.8 Å². The maximum absolute atomic E-state index is 3.34. The quantitative estimate of drug-likeness (QED) is 0.778. The molecular formula is C9H22Cl2N2. The molecule has 2 nitrogen and oxygen atoms in total. The molecule has 1 aliphatic heterocycles. The number of likely N-dealkylation sites (tertiary alicyclic amines) is 1. The Morgan fingerprint density at radius 1 is 1.15 bits per heavy atom. The number of nitrogens with one attached hydrogen (secondary N) is 1. The summed E-state index contributed by atoms with van der Waals surface area (Å²) in [6, 6.07) is 1.50. The lowest BCUT2D eigenvalue weighted by Crippen LogP contribution is -2.43. The molecule has 1 fully saturated rings. The first-order chi connectivity index (χ1) is 5.24. The van der Waals surface area contributed by atoms with Crippen LogP contribution in [0.1, 0.15) is 26.7 Å². The zero-order valence-electron chi connectivity index (χ0n) is 8.75. The minimum absolute atomic E-state index is 0. The van der Waals surface area contributed by atoms with E-state index in [0.29, 0.717) is 0 Å². The topological polar surface area (TPSA) is 15.3 Å². The molecule has 13 heavy (non-hydrogen) atoms. The van der Waals surface area contributed by atoms with Gasteiger partial charge in [0, 0.05) is 12.1 Å². The van der Waals surface area contributed by atoms with Crippen LogP contribution in [0.25, 0.3) is 0 Å². The highest BCUT2D eigenvalue weighted by Gasteiger charge is 2.18. The molecule has 0 amide bonds. The van der Waals surface area contributed by atoms with Crippen LogP contribution in [0, 0.1) is 0 Å². The highest BCUT2D eigenvalue weighted by Crippen LogP contribution is 2.11. The summed E-state index contributed by atoms with van der Waals surface area (Å²) in [5, 5.41) is 3.34. The second-order valence-corrected chi connectivity index (χ2v) is 3.69. The monoisotopic (exact) mass is 228 g/mol. The molecule has 0 aromatic carbocycles. The summed E-state index contributed by atoms with van der Waals surface area (Å²) < 4.78 is 0. The predicted octanol–water partition coefficient (Wildman–Crippen LogP) is 1.92. The van der Waals surface area contributed by atoms with Crippen molar-refractivity contribution >= 4 is 24.8 Å². The van der Waals surface area contributed by atoms with Gasteiger partial charge in [0.2, 0.25) is 0 Å². The summed E-state index contributed by atoms with van der Waals surface area (Å²) in [5.74, 6) is 0. The van der Waals surface area contributed by atoms with Gasteiger partial charge in [-0.25, -0.2) is 0 Å². The van der Waals surface area contributed by atoms with Gasteiger partial charge in [-0.1, -0.05) is 0 Å². The van der Waals surface area contributed by atoms with Crippen LogP contribution in [0.2, 0.25) is 0 Å². The van der Waals surface area contributed by atoms with Crippen LogP contribution in [0.15, 0.2) is 0 Å². The molecule has 0 spiro atoms. The standard InChI is InChI=1S/C9H20N2.2ClH/c1-8(2)11-6-4-9(10-3)5-7-11;;/h8-10H,4-7H2,1-3H3;2*1H. The third-order valence-corrected chi connectivity index (χ3v) is 2.67. The minimum Gasteiger partial charge on any atom is -0.317 e. The van der Waals surface area contributed by atoms with E-state index in [9.17, 15) is 0 Å². The first-order valence-electron chi connectivity index (χ1n) is 4.65. The second-order valence-electron chi connectivity index (χ2n) is 3.69. The van der Waals surface area contributed by atoms with Crippen LogP contribution in [-0.4, -0.2) is 37.1 Å². The Morgan fingerprint density at radius 2 is 1.62 bits per heavy atom. The normalized spacial score (nSPS) is 19.4. The van der Waals surface area contributed by atoms with Crippen molar-refractivity contribution in [2.75, 3.05) is 20.1 Å². The first-order valence-corrected chi connectivity index (χ1v) is 4.65. The maximum atomic E-state index is 3.34. The van der Waals surface area contributed by atoms with Gasteiger partial charge in [0.1, 0.15) is 0 Å². The molecule has 1 N–H and O–H groups in total. The molecule has 0 aromatic rings. The van der Waals surface area contributed by atoms with Gasteiger partial charge in [0.25, 0.3) is 0 Å². The summed E-state index contributed by atoms with van der Waals surface area (Å²) >= 11 is 0. The van der Waals surface area contributed by atoms with Crippen LogP contribution in [-0.2, 0) is 0 Å². The van der Waals surface area contributed by atoms with E-state index in [2.05, 4.69) is 31.1 Å². The highest BCUT2D eigenvalue weighted by molar-refractivity contribution is 5.85. The van der Waals surface area contributed by atoms with Crippen molar-refractivity contribution < 1.29 is 0 Å². The van der Waals surface area contributed by atoms with Crippen LogP contribution < -0.4 is 5.32 Å². The van der Waals surface area contributed by atoms with Gasteiger partial charge in [-0.05, 0) is 46.8 Å². The lowest BCUT2D eigenvalue weighted by atomic mass is 10.0. The molecule has 0 aromatic heterocycles. The Hall–Kier alpha value is 0.500. The fourth-order valence-corrected chi connectivity index (χ4v) is 1.70. The Bertz CT molecular complexity index is 112. The van der Waals surface area contributed by atoms with Crippen LogP contribution in [0.5, 0.6) is 0 Å².